The molecule has 2 aromatic heterocycles. The molecule has 0 spiro atoms. The summed E-state index contributed by atoms with van der Waals surface area (Å²) in [6.45, 7) is 6.21. The van der Waals surface area contributed by atoms with Crippen molar-refractivity contribution in [2.75, 3.05) is 5.32 Å². The van der Waals surface area contributed by atoms with Gasteiger partial charge in [-0.1, -0.05) is 19.1 Å². The first-order valence-electron chi connectivity index (χ1n) is 8.95. The van der Waals surface area contributed by atoms with Gasteiger partial charge in [-0.05, 0) is 43.5 Å². The summed E-state index contributed by atoms with van der Waals surface area (Å²) in [4.78, 5) is 25.7. The molecule has 0 saturated heterocycles. The summed E-state index contributed by atoms with van der Waals surface area (Å²) in [5.74, 6) is 0.509. The van der Waals surface area contributed by atoms with Crippen molar-refractivity contribution in [1.29, 1.82) is 0 Å². The van der Waals surface area contributed by atoms with Crippen LogP contribution in [0.3, 0.4) is 0 Å². The van der Waals surface area contributed by atoms with Crippen molar-refractivity contribution in [1.82, 2.24) is 20.3 Å². The number of amides is 1. The quantitative estimate of drug-likeness (QED) is 0.640. The van der Waals surface area contributed by atoms with E-state index in [1.54, 1.807) is 17.5 Å². The number of hydrogen-bond donors (Lipinski definition) is 2. The molecule has 0 aliphatic heterocycles. The lowest BCUT2D eigenvalue weighted by atomic mass is 10.2. The standard InChI is InChI=1S/C20H23N5OS/c1-4-5-18-23-13(2)19(27-18)17-10-11-21-20(25-17)24-16-8-6-15(7-9-16)12-22-14(3)26/h6-11H,4-5,12H2,1-3H3,(H,22,26)(H,21,24,25). The number of carbonyl (C=O) groups excluding carboxylic acids is 1. The van der Waals surface area contributed by atoms with Crippen LogP contribution in [0.1, 0.15) is 36.5 Å². The van der Waals surface area contributed by atoms with Gasteiger partial charge in [0.2, 0.25) is 11.9 Å². The minimum absolute atomic E-state index is 0.0390. The number of thiazole rings is 1. The summed E-state index contributed by atoms with van der Waals surface area (Å²) in [5, 5.41) is 7.16. The van der Waals surface area contributed by atoms with Gasteiger partial charge in [-0.3, -0.25) is 4.79 Å². The van der Waals surface area contributed by atoms with Crippen molar-refractivity contribution in [3.63, 3.8) is 0 Å². The predicted molar refractivity (Wildman–Crippen MR) is 109 cm³/mol. The minimum atomic E-state index is -0.0390. The zero-order valence-electron chi connectivity index (χ0n) is 15.7. The van der Waals surface area contributed by atoms with Gasteiger partial charge in [-0.25, -0.2) is 15.0 Å². The van der Waals surface area contributed by atoms with Crippen molar-refractivity contribution in [2.24, 2.45) is 0 Å². The lowest BCUT2D eigenvalue weighted by Crippen LogP contribution is -2.18. The van der Waals surface area contributed by atoms with Crippen LogP contribution in [-0.4, -0.2) is 20.9 Å². The molecule has 140 valence electrons. The molecule has 0 atom stereocenters. The topological polar surface area (TPSA) is 79.8 Å². The Morgan fingerprint density at radius 3 is 2.63 bits per heavy atom. The number of aromatic nitrogens is 3. The summed E-state index contributed by atoms with van der Waals surface area (Å²) < 4.78 is 0. The highest BCUT2D eigenvalue weighted by molar-refractivity contribution is 7.15. The van der Waals surface area contributed by atoms with Gasteiger partial charge in [0.1, 0.15) is 0 Å². The van der Waals surface area contributed by atoms with E-state index in [-0.39, 0.29) is 5.91 Å². The van der Waals surface area contributed by atoms with Gasteiger partial charge in [0.05, 0.1) is 21.3 Å². The van der Waals surface area contributed by atoms with Crippen molar-refractivity contribution in [3.8, 4) is 10.6 Å². The van der Waals surface area contributed by atoms with E-state index in [1.165, 1.54) is 6.92 Å². The van der Waals surface area contributed by atoms with E-state index in [1.807, 2.05) is 37.3 Å². The Bertz CT molecular complexity index is 920. The fourth-order valence-corrected chi connectivity index (χ4v) is 3.75. The third-order valence-corrected chi connectivity index (χ3v) is 5.18. The van der Waals surface area contributed by atoms with Crippen LogP contribution >= 0.6 is 11.3 Å². The van der Waals surface area contributed by atoms with Gasteiger partial charge in [0, 0.05) is 25.4 Å². The Balaban J connectivity index is 1.73. The number of aryl methyl sites for hydroxylation is 2. The Kier molecular flexibility index (Phi) is 6.13. The van der Waals surface area contributed by atoms with E-state index in [0.717, 1.165) is 45.4 Å². The molecule has 1 aromatic carbocycles. The number of hydrogen-bond acceptors (Lipinski definition) is 6. The molecule has 2 N–H and O–H groups in total. The average Bonchev–Trinajstić information content (AvgIpc) is 3.02. The van der Waals surface area contributed by atoms with E-state index >= 15 is 0 Å². The zero-order valence-corrected chi connectivity index (χ0v) is 16.6. The molecule has 27 heavy (non-hydrogen) atoms. The Hall–Kier alpha value is -2.80. The molecule has 0 unspecified atom stereocenters. The van der Waals surface area contributed by atoms with Crippen LogP contribution in [0.2, 0.25) is 0 Å². The van der Waals surface area contributed by atoms with Crippen LogP contribution in [0.25, 0.3) is 10.6 Å². The minimum Gasteiger partial charge on any atom is -0.352 e. The van der Waals surface area contributed by atoms with E-state index < -0.39 is 0 Å². The molecule has 0 bridgehead atoms. The van der Waals surface area contributed by atoms with Crippen LogP contribution in [0.4, 0.5) is 11.6 Å². The molecule has 0 aliphatic rings. The third-order valence-electron chi connectivity index (χ3n) is 3.94. The van der Waals surface area contributed by atoms with Crippen LogP contribution in [0.15, 0.2) is 36.5 Å². The maximum atomic E-state index is 11.0. The summed E-state index contributed by atoms with van der Waals surface area (Å²) in [6, 6.07) is 9.74. The number of anilines is 2. The van der Waals surface area contributed by atoms with Crippen LogP contribution in [0, 0.1) is 6.92 Å². The molecule has 3 rings (SSSR count). The molecule has 1 amide bonds. The van der Waals surface area contributed by atoms with Crippen molar-refractivity contribution in [2.45, 2.75) is 40.2 Å². The Labute approximate surface area is 163 Å². The first-order valence-corrected chi connectivity index (χ1v) is 9.77. The van der Waals surface area contributed by atoms with Gasteiger partial charge in [0.15, 0.2) is 0 Å². The van der Waals surface area contributed by atoms with Crippen molar-refractivity contribution in [3.05, 3.63) is 52.8 Å². The number of benzene rings is 1. The normalized spacial score (nSPS) is 10.6. The van der Waals surface area contributed by atoms with E-state index in [0.29, 0.717) is 12.5 Å². The smallest absolute Gasteiger partial charge is 0.227 e. The largest absolute Gasteiger partial charge is 0.352 e. The van der Waals surface area contributed by atoms with Crippen molar-refractivity contribution >= 4 is 28.9 Å². The third kappa shape index (κ3) is 5.10. The molecule has 0 fully saturated rings. The lowest BCUT2D eigenvalue weighted by molar-refractivity contribution is -0.119. The van der Waals surface area contributed by atoms with Gasteiger partial charge < -0.3 is 10.6 Å². The predicted octanol–water partition coefficient (Wildman–Crippen LogP) is 4.24. The molecule has 7 heteroatoms. The first-order chi connectivity index (χ1) is 13.0. The second-order valence-electron chi connectivity index (χ2n) is 6.27. The molecular weight excluding hydrogens is 358 g/mol. The maximum absolute atomic E-state index is 11.0. The highest BCUT2D eigenvalue weighted by Gasteiger charge is 2.11. The molecular formula is C20H23N5OS. The van der Waals surface area contributed by atoms with Gasteiger partial charge in [0.25, 0.3) is 0 Å². The van der Waals surface area contributed by atoms with Crippen LogP contribution in [-0.2, 0) is 17.8 Å². The molecule has 3 aromatic rings. The number of carbonyl (C=O) groups is 1. The molecule has 2 heterocycles. The highest BCUT2D eigenvalue weighted by Crippen LogP contribution is 2.29. The monoisotopic (exact) mass is 381 g/mol. The maximum Gasteiger partial charge on any atom is 0.227 e. The Morgan fingerprint density at radius 2 is 1.93 bits per heavy atom. The molecule has 0 saturated carbocycles. The second kappa shape index (κ2) is 8.73. The SMILES string of the molecule is CCCc1nc(C)c(-c2ccnc(Nc3ccc(CNC(C)=O)cc3)n2)s1. The fourth-order valence-electron chi connectivity index (χ4n) is 2.62. The van der Waals surface area contributed by atoms with E-state index in [2.05, 4.69) is 32.5 Å². The van der Waals surface area contributed by atoms with Crippen LogP contribution in [0.5, 0.6) is 0 Å². The number of nitrogens with one attached hydrogen (secondary N) is 2. The lowest BCUT2D eigenvalue weighted by Gasteiger charge is -2.07. The average molecular weight is 382 g/mol. The summed E-state index contributed by atoms with van der Waals surface area (Å²) >= 11 is 1.70. The highest BCUT2D eigenvalue weighted by atomic mass is 32.1. The number of nitrogens with zero attached hydrogens (tertiary/aromatic N) is 3. The number of rotatable bonds is 7. The Morgan fingerprint density at radius 1 is 1.15 bits per heavy atom. The van der Waals surface area contributed by atoms with Gasteiger partial charge >= 0.3 is 0 Å². The second-order valence-corrected chi connectivity index (χ2v) is 7.35. The molecule has 0 aliphatic carbocycles. The van der Waals surface area contributed by atoms with E-state index in [4.69, 9.17) is 0 Å². The summed E-state index contributed by atoms with van der Waals surface area (Å²) in [7, 11) is 0. The van der Waals surface area contributed by atoms with Gasteiger partial charge in [-0.15, -0.1) is 11.3 Å². The van der Waals surface area contributed by atoms with Crippen LogP contribution < -0.4 is 10.6 Å². The van der Waals surface area contributed by atoms with Crippen molar-refractivity contribution < 1.29 is 4.79 Å². The first kappa shape index (κ1) is 19.0. The van der Waals surface area contributed by atoms with Gasteiger partial charge in [-0.2, -0.15) is 0 Å². The zero-order chi connectivity index (χ0) is 19.2. The summed E-state index contributed by atoms with van der Waals surface area (Å²) in [5.41, 5.74) is 3.82. The van der Waals surface area contributed by atoms with E-state index in [9.17, 15) is 4.79 Å². The fraction of sp³-hybridized carbons (Fsp3) is 0.300. The molecule has 6 nitrogen and oxygen atoms in total. The molecule has 0 radical (unpaired) electrons. The summed E-state index contributed by atoms with van der Waals surface area (Å²) in [6.07, 6.45) is 3.84.